The third-order valence-corrected chi connectivity index (χ3v) is 5.83. The number of benzene rings is 1. The molecule has 1 aromatic carbocycles. The zero-order chi connectivity index (χ0) is 20.3. The summed E-state index contributed by atoms with van der Waals surface area (Å²) in [5.41, 5.74) is 5.04. The number of hydrogen-bond donors (Lipinski definition) is 1. The minimum Gasteiger partial charge on any atom is -0.305 e. The number of aliphatic imine (C=N–C) groups is 1. The fourth-order valence-electron chi connectivity index (χ4n) is 4.25. The van der Waals surface area contributed by atoms with Crippen molar-refractivity contribution in [2.75, 3.05) is 13.1 Å². The van der Waals surface area contributed by atoms with Gasteiger partial charge < -0.3 is 4.98 Å². The fraction of sp³-hybridized carbons (Fsp3) is 0.391. The van der Waals surface area contributed by atoms with E-state index in [1.807, 2.05) is 29.1 Å². The average Bonchev–Trinajstić information content (AvgIpc) is 3.22. The summed E-state index contributed by atoms with van der Waals surface area (Å²) in [6.45, 7) is 3.89. The van der Waals surface area contributed by atoms with Crippen LogP contribution in [0.3, 0.4) is 0 Å². The number of fused-ring (bicyclic) bond motifs is 1. The first kappa shape index (κ1) is 18.9. The van der Waals surface area contributed by atoms with Crippen LogP contribution in [0.2, 0.25) is 0 Å². The van der Waals surface area contributed by atoms with Crippen molar-refractivity contribution in [1.29, 1.82) is 0 Å². The molecule has 0 saturated heterocycles. The lowest BCUT2D eigenvalue weighted by molar-refractivity contribution is 0.241. The van der Waals surface area contributed by atoms with Gasteiger partial charge in [0.15, 0.2) is 5.82 Å². The van der Waals surface area contributed by atoms with Gasteiger partial charge in [0.05, 0.1) is 29.7 Å². The molecule has 0 fully saturated rings. The molecular formula is C23H26N6O. The Balaban J connectivity index is 1.27. The lowest BCUT2D eigenvalue weighted by Crippen LogP contribution is -2.36. The molecule has 0 spiro atoms. The van der Waals surface area contributed by atoms with Crippen molar-refractivity contribution in [2.24, 2.45) is 4.99 Å². The molecule has 1 N–H and O–H groups in total. The molecule has 0 bridgehead atoms. The second-order valence-corrected chi connectivity index (χ2v) is 8.12. The van der Waals surface area contributed by atoms with Crippen LogP contribution in [0.15, 0.2) is 52.5 Å². The lowest BCUT2D eigenvalue weighted by Gasteiger charge is -2.27. The third kappa shape index (κ3) is 4.11. The number of rotatable bonds is 5. The number of hydrogen-bond acceptors (Lipinski definition) is 5. The second kappa shape index (κ2) is 8.36. The van der Waals surface area contributed by atoms with E-state index in [0.29, 0.717) is 12.4 Å². The minimum atomic E-state index is -0.0206. The Kier molecular flexibility index (Phi) is 5.27. The topological polar surface area (TPSA) is 79.2 Å². The molecular weight excluding hydrogens is 376 g/mol. The van der Waals surface area contributed by atoms with Gasteiger partial charge in [-0.1, -0.05) is 30.3 Å². The molecule has 7 heteroatoms. The first-order chi connectivity index (χ1) is 14.7. The molecule has 4 heterocycles. The number of aromatic nitrogens is 4. The van der Waals surface area contributed by atoms with Crippen LogP contribution in [0.5, 0.6) is 0 Å². The lowest BCUT2D eigenvalue weighted by atomic mass is 10.0. The number of nitrogens with one attached hydrogen (secondary N) is 1. The van der Waals surface area contributed by atoms with Gasteiger partial charge in [0, 0.05) is 44.4 Å². The fourth-order valence-corrected chi connectivity index (χ4v) is 4.25. The number of H-pyrrole nitrogens is 1. The summed E-state index contributed by atoms with van der Waals surface area (Å²) in [5.74, 6) is 0.675. The first-order valence-electron chi connectivity index (χ1n) is 10.7. The maximum Gasteiger partial charge on any atom is 0.255 e. The Morgan fingerprint density at radius 3 is 2.77 bits per heavy atom. The molecule has 5 rings (SSSR count). The highest BCUT2D eigenvalue weighted by Gasteiger charge is 2.23. The van der Waals surface area contributed by atoms with Gasteiger partial charge in [-0.3, -0.25) is 19.4 Å². The molecule has 2 aliphatic rings. The van der Waals surface area contributed by atoms with Gasteiger partial charge in [0.1, 0.15) is 0 Å². The zero-order valence-corrected chi connectivity index (χ0v) is 17.0. The summed E-state index contributed by atoms with van der Waals surface area (Å²) >= 11 is 0. The van der Waals surface area contributed by atoms with Crippen LogP contribution in [0.1, 0.15) is 47.5 Å². The Hall–Kier alpha value is -3.06. The summed E-state index contributed by atoms with van der Waals surface area (Å²) in [5, 5.41) is 4.50. The van der Waals surface area contributed by atoms with Crippen LogP contribution in [0.4, 0.5) is 0 Å². The molecule has 154 valence electrons. The molecule has 30 heavy (non-hydrogen) atoms. The SMILES string of the molecule is O=c1[nH]c(C2=NCCCC2)nc2c1CN(Cc1cnn(Cc3ccccc3)c1)CC2. The Morgan fingerprint density at radius 2 is 1.93 bits per heavy atom. The summed E-state index contributed by atoms with van der Waals surface area (Å²) in [4.78, 5) is 27.3. The summed E-state index contributed by atoms with van der Waals surface area (Å²) in [7, 11) is 0. The number of aromatic amines is 1. The molecule has 2 aromatic heterocycles. The van der Waals surface area contributed by atoms with Crippen LogP contribution in [-0.4, -0.2) is 43.4 Å². The minimum absolute atomic E-state index is 0.0206. The van der Waals surface area contributed by atoms with Gasteiger partial charge in [-0.25, -0.2) is 4.98 Å². The van der Waals surface area contributed by atoms with E-state index in [4.69, 9.17) is 4.98 Å². The average molecular weight is 403 g/mol. The monoisotopic (exact) mass is 402 g/mol. The predicted molar refractivity (Wildman–Crippen MR) is 116 cm³/mol. The maximum atomic E-state index is 12.7. The highest BCUT2D eigenvalue weighted by molar-refractivity contribution is 5.97. The van der Waals surface area contributed by atoms with E-state index < -0.39 is 0 Å². The Morgan fingerprint density at radius 1 is 1.03 bits per heavy atom. The highest BCUT2D eigenvalue weighted by Crippen LogP contribution is 2.18. The Labute approximate surface area is 175 Å². The van der Waals surface area contributed by atoms with Crippen LogP contribution in [0, 0.1) is 0 Å². The molecule has 0 radical (unpaired) electrons. The van der Waals surface area contributed by atoms with Gasteiger partial charge >= 0.3 is 0 Å². The van der Waals surface area contributed by atoms with E-state index in [-0.39, 0.29) is 5.56 Å². The van der Waals surface area contributed by atoms with E-state index in [1.165, 1.54) is 5.56 Å². The van der Waals surface area contributed by atoms with E-state index >= 15 is 0 Å². The smallest absolute Gasteiger partial charge is 0.255 e. The van der Waals surface area contributed by atoms with Gasteiger partial charge in [0.2, 0.25) is 0 Å². The summed E-state index contributed by atoms with van der Waals surface area (Å²) in [6, 6.07) is 10.3. The summed E-state index contributed by atoms with van der Waals surface area (Å²) < 4.78 is 1.97. The van der Waals surface area contributed by atoms with Crippen molar-refractivity contribution in [3.05, 3.63) is 81.3 Å². The van der Waals surface area contributed by atoms with E-state index in [1.54, 1.807) is 0 Å². The molecule has 0 atom stereocenters. The van der Waals surface area contributed by atoms with Crippen molar-refractivity contribution >= 4 is 5.71 Å². The van der Waals surface area contributed by atoms with Gasteiger partial charge in [-0.2, -0.15) is 5.10 Å². The molecule has 0 amide bonds. The van der Waals surface area contributed by atoms with Gasteiger partial charge in [-0.05, 0) is 24.8 Å². The van der Waals surface area contributed by atoms with Crippen molar-refractivity contribution in [1.82, 2.24) is 24.6 Å². The summed E-state index contributed by atoms with van der Waals surface area (Å²) in [6.07, 6.45) is 7.94. The third-order valence-electron chi connectivity index (χ3n) is 5.83. The van der Waals surface area contributed by atoms with Crippen molar-refractivity contribution in [3.63, 3.8) is 0 Å². The zero-order valence-electron chi connectivity index (χ0n) is 17.0. The maximum absolute atomic E-state index is 12.7. The van der Waals surface area contributed by atoms with Crippen LogP contribution >= 0.6 is 0 Å². The molecule has 7 nitrogen and oxygen atoms in total. The first-order valence-corrected chi connectivity index (χ1v) is 10.7. The van der Waals surface area contributed by atoms with Crippen LogP contribution in [-0.2, 0) is 26.1 Å². The van der Waals surface area contributed by atoms with Crippen molar-refractivity contribution < 1.29 is 0 Å². The molecule has 2 aliphatic heterocycles. The molecule has 0 aliphatic carbocycles. The second-order valence-electron chi connectivity index (χ2n) is 8.12. The molecule has 3 aromatic rings. The van der Waals surface area contributed by atoms with Crippen molar-refractivity contribution in [2.45, 2.75) is 45.3 Å². The quantitative estimate of drug-likeness (QED) is 0.711. The largest absolute Gasteiger partial charge is 0.305 e. The van der Waals surface area contributed by atoms with Gasteiger partial charge in [-0.15, -0.1) is 0 Å². The molecule has 0 saturated carbocycles. The van der Waals surface area contributed by atoms with E-state index in [2.05, 4.69) is 38.3 Å². The van der Waals surface area contributed by atoms with Gasteiger partial charge in [0.25, 0.3) is 5.56 Å². The predicted octanol–water partition coefficient (Wildman–Crippen LogP) is 2.55. The standard InChI is InChI=1S/C23H26N6O/c30-23-19-16-28(11-9-20(19)26-22(27-23)21-8-4-5-10-24-21)13-18-12-25-29(15-18)14-17-6-2-1-3-7-17/h1-3,6-7,12,15H,4-5,8-11,13-14,16H2,(H,26,27,30). The normalized spacial score (nSPS) is 16.9. The number of nitrogens with zero attached hydrogens (tertiary/aromatic N) is 5. The van der Waals surface area contributed by atoms with E-state index in [9.17, 15) is 4.79 Å². The van der Waals surface area contributed by atoms with Crippen LogP contribution in [0.25, 0.3) is 0 Å². The Bertz CT molecular complexity index is 1110. The van der Waals surface area contributed by atoms with E-state index in [0.717, 1.165) is 74.4 Å². The van der Waals surface area contributed by atoms with Crippen molar-refractivity contribution in [3.8, 4) is 0 Å². The highest BCUT2D eigenvalue weighted by atomic mass is 16.1. The van der Waals surface area contributed by atoms with Crippen LogP contribution < -0.4 is 5.56 Å². The molecule has 0 unspecified atom stereocenters.